The number of amides is 1. The van der Waals surface area contributed by atoms with Crippen molar-refractivity contribution in [3.63, 3.8) is 0 Å². The van der Waals surface area contributed by atoms with Crippen LogP contribution >= 0.6 is 22.3 Å². The monoisotopic (exact) mass is 353 g/mol. The molecule has 1 aromatic carbocycles. The molecule has 1 amide bonds. The number of nitrogens with one attached hydrogen (secondary N) is 1. The van der Waals surface area contributed by atoms with E-state index in [2.05, 4.69) is 5.32 Å². The number of benzene rings is 1. The molecule has 1 N–H and O–H groups in total. The number of aryl methyl sites for hydroxylation is 1. The highest BCUT2D eigenvalue weighted by molar-refractivity contribution is 8.13. The minimum absolute atomic E-state index is 0.0182. The molecule has 0 fully saturated rings. The molecule has 0 saturated heterocycles. The van der Waals surface area contributed by atoms with Crippen molar-refractivity contribution in [1.82, 2.24) is 5.32 Å². The predicted molar refractivity (Wildman–Crippen MR) is 82.6 cm³/mol. The van der Waals surface area contributed by atoms with Crippen LogP contribution in [0.4, 0.5) is 0 Å². The molecule has 1 aromatic rings. The topological polar surface area (TPSA) is 72.5 Å². The molecule has 5 nitrogen and oxygen atoms in total. The number of carbonyl (C=O) groups excluding carboxylic acids is 1. The molecule has 0 aromatic heterocycles. The Morgan fingerprint density at radius 3 is 2.52 bits per heavy atom. The van der Waals surface area contributed by atoms with E-state index in [1.807, 2.05) is 13.8 Å². The first-order chi connectivity index (χ1) is 9.62. The van der Waals surface area contributed by atoms with Gasteiger partial charge in [0.15, 0.2) is 0 Å². The van der Waals surface area contributed by atoms with Gasteiger partial charge in [0.05, 0.1) is 17.7 Å². The van der Waals surface area contributed by atoms with E-state index in [-0.39, 0.29) is 21.6 Å². The molecule has 0 heterocycles. The summed E-state index contributed by atoms with van der Waals surface area (Å²) in [4.78, 5) is 11.7. The van der Waals surface area contributed by atoms with Gasteiger partial charge in [-0.2, -0.15) is 0 Å². The number of hydrogen-bond donors (Lipinski definition) is 1. The molecule has 0 atom stereocenters. The van der Waals surface area contributed by atoms with Gasteiger partial charge in [0.25, 0.3) is 15.0 Å². The number of hydrogen-bond acceptors (Lipinski definition) is 4. The Balaban J connectivity index is 2.89. The average molecular weight is 354 g/mol. The third kappa shape index (κ3) is 5.47. The fourth-order valence-corrected chi connectivity index (χ4v) is 3.15. The Labute approximate surface area is 134 Å². The van der Waals surface area contributed by atoms with Crippen LogP contribution in [-0.4, -0.2) is 33.6 Å². The molecule has 0 radical (unpaired) electrons. The van der Waals surface area contributed by atoms with Crippen LogP contribution in [-0.2, 0) is 13.8 Å². The second-order valence-corrected chi connectivity index (χ2v) is 7.63. The van der Waals surface area contributed by atoms with Crippen molar-refractivity contribution in [3.8, 4) is 0 Å². The minimum Gasteiger partial charge on any atom is -0.377 e. The van der Waals surface area contributed by atoms with Crippen LogP contribution in [0, 0.1) is 6.92 Å². The highest BCUT2D eigenvalue weighted by atomic mass is 35.7. The SMILES string of the molecule is Cc1cc(C(=O)NCCOC(C)C)cc(S(=O)(=O)Cl)c1Cl. The van der Waals surface area contributed by atoms with Crippen LogP contribution in [0.25, 0.3) is 0 Å². The maximum absolute atomic E-state index is 12.0. The maximum atomic E-state index is 12.0. The van der Waals surface area contributed by atoms with E-state index in [1.54, 1.807) is 6.92 Å². The molecule has 0 aliphatic carbocycles. The standard InChI is InChI=1S/C13H17Cl2NO4S/c1-8(2)20-5-4-16-13(17)10-6-9(3)12(14)11(7-10)21(15,18)19/h6-8H,4-5H2,1-3H3,(H,16,17). The van der Waals surface area contributed by atoms with Crippen molar-refractivity contribution < 1.29 is 17.9 Å². The van der Waals surface area contributed by atoms with Crippen LogP contribution in [0.2, 0.25) is 5.02 Å². The zero-order valence-corrected chi connectivity index (χ0v) is 14.3. The molecule has 21 heavy (non-hydrogen) atoms. The van der Waals surface area contributed by atoms with Crippen molar-refractivity contribution in [3.05, 3.63) is 28.3 Å². The summed E-state index contributed by atoms with van der Waals surface area (Å²) in [7, 11) is 1.30. The second-order valence-electron chi connectivity index (χ2n) is 4.72. The van der Waals surface area contributed by atoms with Crippen molar-refractivity contribution in [2.45, 2.75) is 31.8 Å². The van der Waals surface area contributed by atoms with Crippen LogP contribution < -0.4 is 5.32 Å². The quantitative estimate of drug-likeness (QED) is 0.630. The Bertz CT molecular complexity index is 629. The lowest BCUT2D eigenvalue weighted by Gasteiger charge is -2.11. The molecule has 8 heteroatoms. The summed E-state index contributed by atoms with van der Waals surface area (Å²) in [5, 5.41) is 2.65. The lowest BCUT2D eigenvalue weighted by atomic mass is 10.1. The minimum atomic E-state index is -4.01. The molecule has 1 rings (SSSR count). The van der Waals surface area contributed by atoms with Crippen molar-refractivity contribution >= 4 is 37.2 Å². The summed E-state index contributed by atoms with van der Waals surface area (Å²) >= 11 is 5.90. The van der Waals surface area contributed by atoms with E-state index < -0.39 is 15.0 Å². The van der Waals surface area contributed by atoms with Gasteiger partial charge in [0.2, 0.25) is 0 Å². The molecule has 118 valence electrons. The summed E-state index contributed by atoms with van der Waals surface area (Å²) < 4.78 is 28.2. The number of rotatable bonds is 6. The van der Waals surface area contributed by atoms with Gasteiger partial charge in [0, 0.05) is 22.8 Å². The fraction of sp³-hybridized carbons (Fsp3) is 0.462. The van der Waals surface area contributed by atoms with Crippen LogP contribution in [0.1, 0.15) is 29.8 Å². The summed E-state index contributed by atoms with van der Waals surface area (Å²) in [6, 6.07) is 2.67. The largest absolute Gasteiger partial charge is 0.377 e. The van der Waals surface area contributed by atoms with E-state index in [1.165, 1.54) is 6.07 Å². The van der Waals surface area contributed by atoms with Crippen LogP contribution in [0.3, 0.4) is 0 Å². The van der Waals surface area contributed by atoms with E-state index in [9.17, 15) is 13.2 Å². The Morgan fingerprint density at radius 2 is 2.00 bits per heavy atom. The summed E-state index contributed by atoms with van der Waals surface area (Å²) in [5.41, 5.74) is 0.641. The molecule has 0 aliphatic heterocycles. The van der Waals surface area contributed by atoms with E-state index >= 15 is 0 Å². The average Bonchev–Trinajstić information content (AvgIpc) is 2.35. The molecular weight excluding hydrogens is 337 g/mol. The van der Waals surface area contributed by atoms with Gasteiger partial charge in [0.1, 0.15) is 4.90 Å². The van der Waals surface area contributed by atoms with Gasteiger partial charge in [-0.05, 0) is 38.5 Å². The van der Waals surface area contributed by atoms with Gasteiger partial charge >= 0.3 is 0 Å². The zero-order chi connectivity index (χ0) is 16.2. The summed E-state index contributed by atoms with van der Waals surface area (Å²) in [5.74, 6) is -0.413. The molecular formula is C13H17Cl2NO4S. The van der Waals surface area contributed by atoms with Crippen molar-refractivity contribution in [2.24, 2.45) is 0 Å². The van der Waals surface area contributed by atoms with Crippen molar-refractivity contribution in [2.75, 3.05) is 13.2 Å². The van der Waals surface area contributed by atoms with E-state index in [0.29, 0.717) is 18.7 Å². The van der Waals surface area contributed by atoms with E-state index in [0.717, 1.165) is 6.07 Å². The first-order valence-corrected chi connectivity index (χ1v) is 8.96. The lowest BCUT2D eigenvalue weighted by molar-refractivity contribution is 0.0746. The van der Waals surface area contributed by atoms with Crippen LogP contribution in [0.5, 0.6) is 0 Å². The third-order valence-electron chi connectivity index (χ3n) is 2.58. The van der Waals surface area contributed by atoms with Crippen molar-refractivity contribution in [1.29, 1.82) is 0 Å². The molecule has 0 spiro atoms. The molecule has 0 bridgehead atoms. The maximum Gasteiger partial charge on any atom is 0.262 e. The van der Waals surface area contributed by atoms with Gasteiger partial charge in [-0.3, -0.25) is 4.79 Å². The highest BCUT2D eigenvalue weighted by Crippen LogP contribution is 2.29. The first-order valence-electron chi connectivity index (χ1n) is 6.27. The first kappa shape index (κ1) is 18.2. The Kier molecular flexibility index (Phi) is 6.46. The third-order valence-corrected chi connectivity index (χ3v) is 4.54. The van der Waals surface area contributed by atoms with Gasteiger partial charge < -0.3 is 10.1 Å². The van der Waals surface area contributed by atoms with Gasteiger partial charge in [-0.25, -0.2) is 8.42 Å². The normalized spacial score (nSPS) is 11.7. The summed E-state index contributed by atoms with van der Waals surface area (Å²) in [6.07, 6.45) is 0.0765. The fourth-order valence-electron chi connectivity index (χ4n) is 1.61. The Morgan fingerprint density at radius 1 is 1.38 bits per heavy atom. The molecule has 0 aliphatic rings. The van der Waals surface area contributed by atoms with E-state index in [4.69, 9.17) is 27.0 Å². The zero-order valence-electron chi connectivity index (χ0n) is 11.9. The van der Waals surface area contributed by atoms with Crippen LogP contribution in [0.15, 0.2) is 17.0 Å². The second kappa shape index (κ2) is 7.45. The predicted octanol–water partition coefficient (Wildman–Crippen LogP) is 2.73. The number of halogens is 2. The highest BCUT2D eigenvalue weighted by Gasteiger charge is 2.19. The lowest BCUT2D eigenvalue weighted by Crippen LogP contribution is -2.28. The smallest absolute Gasteiger partial charge is 0.262 e. The number of carbonyl (C=O) groups is 1. The Hall–Kier alpha value is -0.820. The van der Waals surface area contributed by atoms with Gasteiger partial charge in [-0.15, -0.1) is 0 Å². The number of ether oxygens (including phenoxy) is 1. The summed E-state index contributed by atoms with van der Waals surface area (Å²) in [6.45, 7) is 6.08. The molecule has 0 saturated carbocycles. The van der Waals surface area contributed by atoms with Gasteiger partial charge in [-0.1, -0.05) is 11.6 Å². The molecule has 0 unspecified atom stereocenters.